The number of carbonyl (C=O) groups is 1. The molecule has 0 saturated heterocycles. The second-order valence-corrected chi connectivity index (χ2v) is 9.43. The molecule has 0 saturated carbocycles. The van der Waals surface area contributed by atoms with Gasteiger partial charge >= 0.3 is 0 Å². The van der Waals surface area contributed by atoms with E-state index in [0.29, 0.717) is 23.4 Å². The molecule has 1 aliphatic carbocycles. The fourth-order valence-electron chi connectivity index (χ4n) is 3.49. The Morgan fingerprint density at radius 2 is 1.87 bits per heavy atom. The normalized spacial score (nSPS) is 13.7. The predicted octanol–water partition coefficient (Wildman–Crippen LogP) is 3.51. The summed E-state index contributed by atoms with van der Waals surface area (Å²) in [6.07, 6.45) is 2.80. The van der Waals surface area contributed by atoms with Crippen LogP contribution in [0.15, 0.2) is 47.4 Å². The van der Waals surface area contributed by atoms with Crippen LogP contribution in [0.4, 0.5) is 5.69 Å². The summed E-state index contributed by atoms with van der Waals surface area (Å²) < 4.78 is 33.0. The summed E-state index contributed by atoms with van der Waals surface area (Å²) >= 11 is 0. The zero-order valence-electron chi connectivity index (χ0n) is 17.6. The molecule has 0 bridgehead atoms. The average molecular weight is 429 g/mol. The summed E-state index contributed by atoms with van der Waals surface area (Å²) in [7, 11) is -2.28. The third-order valence-electron chi connectivity index (χ3n) is 5.43. The number of nitrogens with one attached hydrogen (secondary N) is 1. The number of ether oxygens (including phenoxy) is 1. The van der Waals surface area contributed by atoms with Crippen LogP contribution in [0.5, 0.6) is 0 Å². The fourth-order valence-corrected chi connectivity index (χ4v) is 5.06. The van der Waals surface area contributed by atoms with Gasteiger partial charge in [0.2, 0.25) is 15.9 Å². The van der Waals surface area contributed by atoms with E-state index in [-0.39, 0.29) is 25.6 Å². The maximum Gasteiger partial charge on any atom is 0.239 e. The molecule has 2 aromatic rings. The predicted molar refractivity (Wildman–Crippen MR) is 120 cm³/mol. The van der Waals surface area contributed by atoms with Crippen LogP contribution in [-0.4, -0.2) is 45.4 Å². The highest BCUT2D eigenvalue weighted by Crippen LogP contribution is 2.29. The van der Waals surface area contributed by atoms with E-state index >= 15 is 0 Å². The molecular weight excluding hydrogens is 400 g/mol. The number of fused-ring (bicyclic) bond motifs is 1. The van der Waals surface area contributed by atoms with Crippen LogP contribution >= 0.6 is 0 Å². The zero-order valence-corrected chi connectivity index (χ0v) is 18.5. The summed E-state index contributed by atoms with van der Waals surface area (Å²) in [5, 5.41) is 2.84. The van der Waals surface area contributed by atoms with Crippen LogP contribution in [-0.2, 0) is 26.0 Å². The lowest BCUT2D eigenvalue weighted by molar-refractivity contribution is -0.116. The monoisotopic (exact) mass is 428 g/mol. The van der Waals surface area contributed by atoms with Crippen molar-refractivity contribution in [3.05, 3.63) is 69.6 Å². The summed E-state index contributed by atoms with van der Waals surface area (Å²) in [5.41, 5.74) is 4.75. The molecule has 0 spiro atoms. The maximum absolute atomic E-state index is 13.3. The second kappa shape index (κ2) is 9.55. The topological polar surface area (TPSA) is 75.7 Å². The van der Waals surface area contributed by atoms with Gasteiger partial charge in [0, 0.05) is 19.3 Å². The number of rotatable bonds is 8. The Balaban J connectivity index is 1.82. The van der Waals surface area contributed by atoms with E-state index in [4.69, 9.17) is 4.74 Å². The zero-order chi connectivity index (χ0) is 21.7. The van der Waals surface area contributed by atoms with Gasteiger partial charge in [-0.05, 0) is 61.1 Å². The molecule has 0 aromatic heterocycles. The van der Waals surface area contributed by atoms with Crippen LogP contribution in [0.25, 0.3) is 6.08 Å². The third-order valence-corrected chi connectivity index (χ3v) is 7.40. The number of amides is 1. The van der Waals surface area contributed by atoms with Crippen molar-refractivity contribution >= 4 is 27.7 Å². The number of carbonyl (C=O) groups excluding carboxylic acids is 1. The lowest BCUT2D eigenvalue weighted by atomic mass is 9.98. The molecule has 0 heterocycles. The second-order valence-electron chi connectivity index (χ2n) is 7.44. The van der Waals surface area contributed by atoms with Crippen LogP contribution in [0.1, 0.15) is 28.7 Å². The number of hydrogen-bond donors (Lipinski definition) is 1. The molecule has 1 amide bonds. The summed E-state index contributed by atoms with van der Waals surface area (Å²) in [6, 6.07) is 13.4. The number of allylic oxidation sites excluding steroid dienone is 1. The van der Waals surface area contributed by atoms with Crippen molar-refractivity contribution < 1.29 is 17.9 Å². The molecule has 0 radical (unpaired) electrons. The Bertz CT molecular complexity index is 1060. The molecule has 160 valence electrons. The van der Waals surface area contributed by atoms with Gasteiger partial charge in [-0.15, -0.1) is 0 Å². The molecular formula is C23H28N2O4S. The van der Waals surface area contributed by atoms with Crippen molar-refractivity contribution in [3.8, 4) is 0 Å². The highest BCUT2D eigenvalue weighted by atomic mass is 32.2. The first-order valence-electron chi connectivity index (χ1n) is 9.96. The Morgan fingerprint density at radius 3 is 2.63 bits per heavy atom. The highest BCUT2D eigenvalue weighted by Gasteiger charge is 2.30. The van der Waals surface area contributed by atoms with Gasteiger partial charge in [0.05, 0.1) is 18.1 Å². The third kappa shape index (κ3) is 4.98. The minimum atomic E-state index is -3.79. The molecule has 1 N–H and O–H groups in total. The smallest absolute Gasteiger partial charge is 0.239 e. The lowest BCUT2D eigenvalue weighted by Crippen LogP contribution is -2.40. The van der Waals surface area contributed by atoms with E-state index in [1.807, 2.05) is 56.3 Å². The standard InChI is InChI=1S/C23H28N2O4S/c1-17-7-6-10-22(18(17)2)24-23(26)16-25(13-14-29-3)30(27,28)21-12-11-19-8-4-5-9-20(19)15-21/h4-10,15H,11-14,16H2,1-3H3,(H,24,26). The number of aryl methyl sites for hydroxylation is 2. The molecule has 1 aliphatic rings. The first-order valence-corrected chi connectivity index (χ1v) is 11.4. The number of hydrogen-bond acceptors (Lipinski definition) is 4. The van der Waals surface area contributed by atoms with E-state index in [1.165, 1.54) is 11.4 Å². The Labute approximate surface area is 178 Å². The van der Waals surface area contributed by atoms with Crippen molar-refractivity contribution in [3.63, 3.8) is 0 Å². The SMILES string of the molecule is COCCN(CC(=O)Nc1cccc(C)c1C)S(=O)(=O)C1=Cc2ccccc2CC1. The van der Waals surface area contributed by atoms with E-state index < -0.39 is 10.0 Å². The summed E-state index contributed by atoms with van der Waals surface area (Å²) in [4.78, 5) is 13.0. The minimum absolute atomic E-state index is 0.109. The first-order chi connectivity index (χ1) is 14.3. The largest absolute Gasteiger partial charge is 0.383 e. The van der Waals surface area contributed by atoms with Gasteiger partial charge in [-0.1, -0.05) is 36.4 Å². The number of sulfonamides is 1. The van der Waals surface area contributed by atoms with E-state index in [2.05, 4.69) is 5.32 Å². The van der Waals surface area contributed by atoms with Crippen molar-refractivity contribution in [2.75, 3.05) is 32.1 Å². The number of benzene rings is 2. The Kier molecular flexibility index (Phi) is 7.07. The van der Waals surface area contributed by atoms with Crippen molar-refractivity contribution in [1.82, 2.24) is 4.31 Å². The van der Waals surface area contributed by atoms with Crippen LogP contribution < -0.4 is 5.32 Å². The molecule has 30 heavy (non-hydrogen) atoms. The molecule has 3 rings (SSSR count). The van der Waals surface area contributed by atoms with Crippen LogP contribution in [0.2, 0.25) is 0 Å². The van der Waals surface area contributed by atoms with Crippen LogP contribution in [0.3, 0.4) is 0 Å². The average Bonchev–Trinajstić information content (AvgIpc) is 2.74. The van der Waals surface area contributed by atoms with Gasteiger partial charge in [-0.25, -0.2) is 8.42 Å². The van der Waals surface area contributed by atoms with Crippen LogP contribution in [0, 0.1) is 13.8 Å². The van der Waals surface area contributed by atoms with E-state index in [0.717, 1.165) is 22.3 Å². The Hall–Kier alpha value is -2.48. The Morgan fingerprint density at radius 1 is 1.10 bits per heavy atom. The first kappa shape index (κ1) is 22.2. The molecule has 2 aromatic carbocycles. The molecule has 7 heteroatoms. The van der Waals surface area contributed by atoms with Crippen molar-refractivity contribution in [1.29, 1.82) is 0 Å². The summed E-state index contributed by atoms with van der Waals surface area (Å²) in [5.74, 6) is -0.375. The summed E-state index contributed by atoms with van der Waals surface area (Å²) in [6.45, 7) is 3.94. The fraction of sp³-hybridized carbons (Fsp3) is 0.348. The molecule has 0 fully saturated rings. The van der Waals surface area contributed by atoms with Gasteiger partial charge in [0.1, 0.15) is 0 Å². The van der Waals surface area contributed by atoms with Gasteiger partial charge in [-0.3, -0.25) is 4.79 Å². The van der Waals surface area contributed by atoms with Gasteiger partial charge < -0.3 is 10.1 Å². The quantitative estimate of drug-likeness (QED) is 0.698. The number of methoxy groups -OCH3 is 1. The van der Waals surface area contributed by atoms with Gasteiger partial charge in [0.15, 0.2) is 0 Å². The number of anilines is 1. The highest BCUT2D eigenvalue weighted by molar-refractivity contribution is 7.93. The van der Waals surface area contributed by atoms with Crippen molar-refractivity contribution in [2.45, 2.75) is 26.7 Å². The molecule has 6 nitrogen and oxygen atoms in total. The van der Waals surface area contributed by atoms with Gasteiger partial charge in [0.25, 0.3) is 0 Å². The van der Waals surface area contributed by atoms with Gasteiger partial charge in [-0.2, -0.15) is 4.31 Å². The molecule has 0 unspecified atom stereocenters. The van der Waals surface area contributed by atoms with Crippen molar-refractivity contribution in [2.24, 2.45) is 0 Å². The maximum atomic E-state index is 13.3. The lowest BCUT2D eigenvalue weighted by Gasteiger charge is -2.25. The van der Waals surface area contributed by atoms with E-state index in [1.54, 1.807) is 6.08 Å². The number of nitrogens with zero attached hydrogens (tertiary/aromatic N) is 1. The minimum Gasteiger partial charge on any atom is -0.383 e. The molecule has 0 atom stereocenters. The van der Waals surface area contributed by atoms with E-state index in [9.17, 15) is 13.2 Å². The molecule has 0 aliphatic heterocycles.